The zero-order valence-corrected chi connectivity index (χ0v) is 5.69. The normalized spacial score (nSPS) is 13.2. The molecule has 0 fully saturated rings. The molecule has 0 heterocycles. The van der Waals surface area contributed by atoms with Gasteiger partial charge in [0.05, 0.1) is 0 Å². The Balaban J connectivity index is 2.98. The highest BCUT2D eigenvalue weighted by Crippen LogP contribution is 2.06. The Kier molecular flexibility index (Phi) is 4.97. The monoisotopic (exact) mass is 135 g/mol. The van der Waals surface area contributed by atoms with Crippen LogP contribution in [0.1, 0.15) is 26.2 Å². The van der Waals surface area contributed by atoms with Gasteiger partial charge in [-0.1, -0.05) is 36.5 Å². The van der Waals surface area contributed by atoms with E-state index in [9.17, 15) is 4.91 Å². The van der Waals surface area contributed by atoms with Crippen LogP contribution in [0.4, 0.5) is 0 Å². The highest BCUT2D eigenvalue weighted by molar-refractivity contribution is 6.20. The lowest BCUT2D eigenvalue weighted by molar-refractivity contribution is 0.691. The Labute approximate surface area is 54.2 Å². The molecule has 0 aromatic rings. The highest BCUT2D eigenvalue weighted by Gasteiger charge is 1.99. The quantitative estimate of drug-likeness (QED) is 0.331. The van der Waals surface area contributed by atoms with Crippen molar-refractivity contribution in [2.45, 2.75) is 31.7 Å². The van der Waals surface area contributed by atoms with Crippen LogP contribution in [-0.2, 0) is 0 Å². The average molecular weight is 136 g/mol. The van der Waals surface area contributed by atoms with Gasteiger partial charge in [0.25, 0.3) is 0 Å². The van der Waals surface area contributed by atoms with Crippen LogP contribution in [0.15, 0.2) is 5.18 Å². The summed E-state index contributed by atoms with van der Waals surface area (Å²) in [6, 6.07) is 0. The van der Waals surface area contributed by atoms with Gasteiger partial charge in [-0.25, -0.2) is 0 Å². The van der Waals surface area contributed by atoms with E-state index in [0.29, 0.717) is 6.42 Å². The second-order valence-electron chi connectivity index (χ2n) is 1.68. The molecular weight excluding hydrogens is 126 g/mol. The second-order valence-corrected chi connectivity index (χ2v) is 2.19. The van der Waals surface area contributed by atoms with Gasteiger partial charge in [-0.15, -0.1) is 4.91 Å². The predicted molar refractivity (Wildman–Crippen MR) is 35.0 cm³/mol. The summed E-state index contributed by atoms with van der Waals surface area (Å²) in [5.74, 6) is 0. The number of hydrogen-bond acceptors (Lipinski definition) is 2. The van der Waals surface area contributed by atoms with Crippen molar-refractivity contribution >= 4 is 11.6 Å². The molecule has 8 heavy (non-hydrogen) atoms. The summed E-state index contributed by atoms with van der Waals surface area (Å²) in [5.41, 5.74) is -0.505. The van der Waals surface area contributed by atoms with Crippen LogP contribution in [-0.4, -0.2) is 5.50 Å². The van der Waals surface area contributed by atoms with Crippen molar-refractivity contribution in [3.05, 3.63) is 4.91 Å². The number of nitrogens with zero attached hydrogens (tertiary/aromatic N) is 1. The molecule has 0 saturated heterocycles. The minimum atomic E-state index is -0.505. The highest BCUT2D eigenvalue weighted by atomic mass is 35.5. The van der Waals surface area contributed by atoms with Gasteiger partial charge in [0.15, 0.2) is 5.50 Å². The van der Waals surface area contributed by atoms with Crippen LogP contribution in [0, 0.1) is 4.91 Å². The zero-order chi connectivity index (χ0) is 6.41. The molecule has 0 aliphatic heterocycles. The smallest absolute Gasteiger partial charge is 0.149 e. The Hall–Kier alpha value is -0.110. The Morgan fingerprint density at radius 1 is 1.75 bits per heavy atom. The Morgan fingerprint density at radius 2 is 2.38 bits per heavy atom. The van der Waals surface area contributed by atoms with Crippen LogP contribution in [0.25, 0.3) is 0 Å². The molecule has 0 N–H and O–H groups in total. The third-order valence-electron chi connectivity index (χ3n) is 0.910. The number of unbranched alkanes of at least 4 members (excludes halogenated alkanes) is 1. The first kappa shape index (κ1) is 7.89. The van der Waals surface area contributed by atoms with Gasteiger partial charge in [-0.3, -0.25) is 0 Å². The maximum Gasteiger partial charge on any atom is 0.165 e. The van der Waals surface area contributed by atoms with E-state index >= 15 is 0 Å². The second kappa shape index (κ2) is 5.04. The van der Waals surface area contributed by atoms with Crippen molar-refractivity contribution in [2.24, 2.45) is 5.18 Å². The van der Waals surface area contributed by atoms with E-state index in [-0.39, 0.29) is 0 Å². The SMILES string of the molecule is CCCCC(Cl)N=O. The van der Waals surface area contributed by atoms with Gasteiger partial charge in [-0.05, 0) is 6.42 Å². The van der Waals surface area contributed by atoms with Crippen LogP contribution in [0.3, 0.4) is 0 Å². The first-order valence-corrected chi connectivity index (χ1v) is 3.21. The summed E-state index contributed by atoms with van der Waals surface area (Å²) in [6.45, 7) is 2.05. The molecule has 0 aliphatic carbocycles. The molecule has 0 aromatic heterocycles. The van der Waals surface area contributed by atoms with Gasteiger partial charge in [0.1, 0.15) is 0 Å². The third-order valence-corrected chi connectivity index (χ3v) is 1.21. The first-order valence-electron chi connectivity index (χ1n) is 2.77. The first-order chi connectivity index (χ1) is 3.81. The van der Waals surface area contributed by atoms with Crippen molar-refractivity contribution in [2.75, 3.05) is 0 Å². The molecule has 0 bridgehead atoms. The summed E-state index contributed by atoms with van der Waals surface area (Å²) < 4.78 is 0. The number of alkyl halides is 1. The van der Waals surface area contributed by atoms with Gasteiger partial charge < -0.3 is 0 Å². The molecule has 0 aromatic carbocycles. The Morgan fingerprint density at radius 3 is 2.75 bits per heavy atom. The van der Waals surface area contributed by atoms with Gasteiger partial charge in [-0.2, -0.15) is 0 Å². The molecule has 0 amide bonds. The fourth-order valence-corrected chi connectivity index (χ4v) is 0.580. The lowest BCUT2D eigenvalue weighted by atomic mass is 10.2. The predicted octanol–water partition coefficient (Wildman–Crippen LogP) is 2.51. The van der Waals surface area contributed by atoms with Crippen LogP contribution >= 0.6 is 11.6 Å². The van der Waals surface area contributed by atoms with Gasteiger partial charge >= 0.3 is 0 Å². The lowest BCUT2D eigenvalue weighted by Crippen LogP contribution is -1.90. The number of halogens is 1. The lowest BCUT2D eigenvalue weighted by Gasteiger charge is -1.94. The van der Waals surface area contributed by atoms with Crippen molar-refractivity contribution in [3.63, 3.8) is 0 Å². The van der Waals surface area contributed by atoms with Crippen molar-refractivity contribution in [1.82, 2.24) is 0 Å². The van der Waals surface area contributed by atoms with Crippen molar-refractivity contribution in [3.8, 4) is 0 Å². The van der Waals surface area contributed by atoms with E-state index in [0.717, 1.165) is 12.8 Å². The van der Waals surface area contributed by atoms with E-state index in [2.05, 4.69) is 12.1 Å². The number of rotatable bonds is 4. The van der Waals surface area contributed by atoms with E-state index in [1.165, 1.54) is 0 Å². The molecule has 0 rings (SSSR count). The third kappa shape index (κ3) is 4.06. The molecule has 0 aliphatic rings. The van der Waals surface area contributed by atoms with E-state index in [1.54, 1.807) is 0 Å². The zero-order valence-electron chi connectivity index (χ0n) is 4.93. The van der Waals surface area contributed by atoms with Crippen LogP contribution in [0.5, 0.6) is 0 Å². The summed E-state index contributed by atoms with van der Waals surface area (Å²) >= 11 is 5.36. The molecule has 48 valence electrons. The van der Waals surface area contributed by atoms with Crippen LogP contribution < -0.4 is 0 Å². The minimum Gasteiger partial charge on any atom is -0.149 e. The maximum atomic E-state index is 9.63. The molecule has 0 radical (unpaired) electrons. The molecule has 2 nitrogen and oxygen atoms in total. The molecule has 0 saturated carbocycles. The van der Waals surface area contributed by atoms with Crippen molar-refractivity contribution in [1.29, 1.82) is 0 Å². The molecule has 3 heteroatoms. The van der Waals surface area contributed by atoms with E-state index in [1.807, 2.05) is 0 Å². The summed E-state index contributed by atoms with van der Waals surface area (Å²) in [4.78, 5) is 9.63. The summed E-state index contributed by atoms with van der Waals surface area (Å²) in [6.07, 6.45) is 2.76. The Bertz CT molecular complexity index is 67.4. The fourth-order valence-electron chi connectivity index (χ4n) is 0.425. The van der Waals surface area contributed by atoms with Gasteiger partial charge in [0, 0.05) is 0 Å². The topological polar surface area (TPSA) is 29.4 Å². The number of hydrogen-bond donors (Lipinski definition) is 0. The standard InChI is InChI=1S/C5H10ClNO/c1-2-3-4-5(6)7-8/h5H,2-4H2,1H3. The van der Waals surface area contributed by atoms with Crippen molar-refractivity contribution < 1.29 is 0 Å². The molecule has 0 spiro atoms. The fraction of sp³-hybridized carbons (Fsp3) is 1.00. The maximum absolute atomic E-state index is 9.63. The summed E-state index contributed by atoms with van der Waals surface area (Å²) in [5, 5.41) is 2.64. The minimum absolute atomic E-state index is 0.505. The molecule has 1 atom stereocenters. The largest absolute Gasteiger partial charge is 0.165 e. The molecular formula is C5H10ClNO. The van der Waals surface area contributed by atoms with Crippen LogP contribution in [0.2, 0.25) is 0 Å². The van der Waals surface area contributed by atoms with E-state index < -0.39 is 5.50 Å². The number of nitroso groups, excluding NO2 is 1. The summed E-state index contributed by atoms with van der Waals surface area (Å²) in [7, 11) is 0. The average Bonchev–Trinajstić information content (AvgIpc) is 1.83. The van der Waals surface area contributed by atoms with E-state index in [4.69, 9.17) is 11.6 Å². The van der Waals surface area contributed by atoms with Gasteiger partial charge in [0.2, 0.25) is 0 Å². The molecule has 1 unspecified atom stereocenters.